The van der Waals surface area contributed by atoms with Crippen LogP contribution in [-0.4, -0.2) is 71.3 Å². The summed E-state index contributed by atoms with van der Waals surface area (Å²) in [6, 6.07) is 6.53. The van der Waals surface area contributed by atoms with E-state index in [0.717, 1.165) is 6.42 Å². The van der Waals surface area contributed by atoms with Crippen LogP contribution in [-0.2, 0) is 4.79 Å². The molecule has 1 aromatic rings. The molecule has 2 heterocycles. The van der Waals surface area contributed by atoms with E-state index < -0.39 is 6.04 Å². The summed E-state index contributed by atoms with van der Waals surface area (Å²) in [5.41, 5.74) is 0.404. The van der Waals surface area contributed by atoms with Crippen molar-refractivity contribution in [2.45, 2.75) is 38.8 Å². The number of likely N-dealkylation sites (tertiary alicyclic amines) is 1. The Bertz CT molecular complexity index is 795. The second-order valence-electron chi connectivity index (χ2n) is 7.99. The number of halogens is 2. The van der Waals surface area contributed by atoms with Crippen molar-refractivity contribution in [3.05, 3.63) is 33.8 Å². The van der Waals surface area contributed by atoms with Crippen LogP contribution in [0.3, 0.4) is 0 Å². The van der Waals surface area contributed by atoms with Crippen LogP contribution in [0.15, 0.2) is 18.2 Å². The minimum Gasteiger partial charge on any atom is -0.338 e. The lowest BCUT2D eigenvalue weighted by molar-refractivity contribution is -0.137. The van der Waals surface area contributed by atoms with Gasteiger partial charge in [-0.15, -0.1) is 0 Å². The Kier molecular flexibility index (Phi) is 7.05. The van der Waals surface area contributed by atoms with E-state index in [9.17, 15) is 14.9 Å². The highest BCUT2D eigenvalue weighted by Gasteiger charge is 2.38. The number of carbonyl (C=O) groups excluding carboxylic acids is 2. The second-order valence-corrected chi connectivity index (χ2v) is 8.87. The first kappa shape index (κ1) is 21.9. The average molecular weight is 437 g/mol. The van der Waals surface area contributed by atoms with Crippen LogP contribution in [0.5, 0.6) is 0 Å². The molecule has 6 nitrogen and oxygen atoms in total. The predicted octanol–water partition coefficient (Wildman–Crippen LogP) is 3.29. The van der Waals surface area contributed by atoms with E-state index in [1.165, 1.54) is 0 Å². The van der Waals surface area contributed by atoms with E-state index in [4.69, 9.17) is 23.2 Å². The van der Waals surface area contributed by atoms with Crippen molar-refractivity contribution in [3.8, 4) is 6.07 Å². The van der Waals surface area contributed by atoms with Gasteiger partial charge in [0.15, 0.2) is 0 Å². The molecule has 2 fully saturated rings. The number of hydrogen-bond acceptors (Lipinski definition) is 4. The molecule has 2 atom stereocenters. The van der Waals surface area contributed by atoms with Crippen molar-refractivity contribution in [3.63, 3.8) is 0 Å². The molecule has 1 aromatic carbocycles. The van der Waals surface area contributed by atoms with Crippen LogP contribution in [0.2, 0.25) is 10.0 Å². The van der Waals surface area contributed by atoms with Gasteiger partial charge in [0.25, 0.3) is 5.91 Å². The van der Waals surface area contributed by atoms with Gasteiger partial charge in [0, 0.05) is 48.3 Å². The molecule has 29 heavy (non-hydrogen) atoms. The third-order valence-corrected chi connectivity index (χ3v) is 6.13. The van der Waals surface area contributed by atoms with E-state index in [2.05, 4.69) is 11.0 Å². The molecule has 156 valence electrons. The highest BCUT2D eigenvalue weighted by molar-refractivity contribution is 6.35. The zero-order chi connectivity index (χ0) is 21.1. The maximum atomic E-state index is 13.2. The van der Waals surface area contributed by atoms with E-state index >= 15 is 0 Å². The summed E-state index contributed by atoms with van der Waals surface area (Å²) in [5.74, 6) is 0.0182. The smallest absolute Gasteiger partial charge is 0.254 e. The number of nitriles is 1. The Morgan fingerprint density at radius 2 is 1.69 bits per heavy atom. The number of nitrogens with zero attached hydrogens (tertiary/aromatic N) is 4. The van der Waals surface area contributed by atoms with Crippen molar-refractivity contribution in [1.82, 2.24) is 14.7 Å². The highest BCUT2D eigenvalue weighted by atomic mass is 35.5. The number of benzene rings is 1. The summed E-state index contributed by atoms with van der Waals surface area (Å²) in [7, 11) is 0. The molecule has 2 unspecified atom stereocenters. The molecule has 2 amide bonds. The number of hydrogen-bond donors (Lipinski definition) is 0. The molecule has 0 aliphatic carbocycles. The quantitative estimate of drug-likeness (QED) is 0.725. The molecule has 8 heteroatoms. The molecule has 0 radical (unpaired) electrons. The van der Waals surface area contributed by atoms with Gasteiger partial charge < -0.3 is 9.80 Å². The van der Waals surface area contributed by atoms with Gasteiger partial charge in [-0.05, 0) is 37.0 Å². The van der Waals surface area contributed by atoms with E-state index in [1.54, 1.807) is 23.1 Å². The fourth-order valence-corrected chi connectivity index (χ4v) is 4.72. The predicted molar refractivity (Wildman–Crippen MR) is 113 cm³/mol. The molecule has 0 N–H and O–H groups in total. The number of rotatable bonds is 4. The summed E-state index contributed by atoms with van der Waals surface area (Å²) in [6.45, 7) is 7.12. The molecule has 2 aliphatic heterocycles. The summed E-state index contributed by atoms with van der Waals surface area (Å²) in [4.78, 5) is 31.8. The minimum absolute atomic E-state index is 0.0123. The van der Waals surface area contributed by atoms with Crippen LogP contribution in [0.4, 0.5) is 0 Å². The molecule has 2 saturated heterocycles. The molecular formula is C21H26Cl2N4O2. The van der Waals surface area contributed by atoms with Crippen LogP contribution < -0.4 is 0 Å². The lowest BCUT2D eigenvalue weighted by Crippen LogP contribution is -2.56. The van der Waals surface area contributed by atoms with Crippen LogP contribution in [0.1, 0.15) is 37.0 Å². The topological polar surface area (TPSA) is 67.7 Å². The molecular weight excluding hydrogens is 411 g/mol. The molecule has 2 aliphatic rings. The Labute approximate surface area is 181 Å². The lowest BCUT2D eigenvalue weighted by Gasteiger charge is -2.39. The van der Waals surface area contributed by atoms with Gasteiger partial charge in [-0.1, -0.05) is 37.0 Å². The van der Waals surface area contributed by atoms with Gasteiger partial charge in [0.1, 0.15) is 12.1 Å². The number of piperazine rings is 1. The van der Waals surface area contributed by atoms with Crippen molar-refractivity contribution >= 4 is 35.0 Å². The van der Waals surface area contributed by atoms with Crippen molar-refractivity contribution in [1.29, 1.82) is 5.26 Å². The Hall–Kier alpha value is -1.81. The first-order valence-corrected chi connectivity index (χ1v) is 10.8. The fraction of sp³-hybridized carbons (Fsp3) is 0.571. The lowest BCUT2D eigenvalue weighted by atomic mass is 10.0. The maximum absolute atomic E-state index is 13.2. The summed E-state index contributed by atoms with van der Waals surface area (Å²) < 4.78 is 0. The Morgan fingerprint density at radius 1 is 1.07 bits per heavy atom. The normalized spacial score (nSPS) is 21.3. The Morgan fingerprint density at radius 3 is 2.24 bits per heavy atom. The monoisotopic (exact) mass is 436 g/mol. The number of amides is 2. The molecule has 3 rings (SSSR count). The first-order chi connectivity index (χ1) is 13.8. The third-order valence-electron chi connectivity index (χ3n) is 5.69. The highest BCUT2D eigenvalue weighted by Crippen LogP contribution is 2.26. The maximum Gasteiger partial charge on any atom is 0.254 e. The number of carbonyl (C=O) groups is 2. The average Bonchev–Trinajstić information content (AvgIpc) is 3.16. The molecule has 0 spiro atoms. The van der Waals surface area contributed by atoms with Crippen molar-refractivity contribution < 1.29 is 9.59 Å². The van der Waals surface area contributed by atoms with Crippen molar-refractivity contribution in [2.24, 2.45) is 5.92 Å². The van der Waals surface area contributed by atoms with Gasteiger partial charge in [0.2, 0.25) is 5.91 Å². The van der Waals surface area contributed by atoms with Gasteiger partial charge in [-0.3, -0.25) is 14.5 Å². The third kappa shape index (κ3) is 4.85. The van der Waals surface area contributed by atoms with E-state index in [-0.39, 0.29) is 23.8 Å². The zero-order valence-electron chi connectivity index (χ0n) is 16.8. The van der Waals surface area contributed by atoms with Crippen LogP contribution >= 0.6 is 23.2 Å². The Balaban J connectivity index is 1.66. The van der Waals surface area contributed by atoms with E-state index in [1.807, 2.05) is 18.7 Å². The van der Waals surface area contributed by atoms with E-state index in [0.29, 0.717) is 54.8 Å². The SMILES string of the molecule is CC(C)C(C#N)N1CCN(C(=O)C2CCCN2C(=O)c2cc(Cl)cc(Cl)c2)CC1. The molecule has 0 aromatic heterocycles. The zero-order valence-corrected chi connectivity index (χ0v) is 18.3. The largest absolute Gasteiger partial charge is 0.338 e. The second kappa shape index (κ2) is 9.34. The molecule has 0 saturated carbocycles. The van der Waals surface area contributed by atoms with Gasteiger partial charge >= 0.3 is 0 Å². The fourth-order valence-electron chi connectivity index (χ4n) is 4.19. The van der Waals surface area contributed by atoms with Gasteiger partial charge in [-0.2, -0.15) is 5.26 Å². The standard InChI is InChI=1S/C21H26Cl2N4O2/c1-14(2)19(13-24)25-6-8-26(9-7-25)21(29)18-4-3-5-27(18)20(28)15-10-16(22)12-17(23)11-15/h10-12,14,18-19H,3-9H2,1-2H3. The van der Waals surface area contributed by atoms with Gasteiger partial charge in [0.05, 0.1) is 6.07 Å². The first-order valence-electron chi connectivity index (χ1n) is 10.0. The van der Waals surface area contributed by atoms with Crippen LogP contribution in [0.25, 0.3) is 0 Å². The minimum atomic E-state index is -0.455. The summed E-state index contributed by atoms with van der Waals surface area (Å²) in [6.07, 6.45) is 1.45. The summed E-state index contributed by atoms with van der Waals surface area (Å²) >= 11 is 12.1. The molecule has 0 bridgehead atoms. The summed E-state index contributed by atoms with van der Waals surface area (Å²) in [5, 5.41) is 10.2. The van der Waals surface area contributed by atoms with Crippen LogP contribution in [0, 0.1) is 17.2 Å². The van der Waals surface area contributed by atoms with Crippen molar-refractivity contribution in [2.75, 3.05) is 32.7 Å². The van der Waals surface area contributed by atoms with Gasteiger partial charge in [-0.25, -0.2) is 0 Å².